The number of aromatic nitrogens is 1. The highest BCUT2D eigenvalue weighted by atomic mass is 35.5. The third-order valence-electron chi connectivity index (χ3n) is 5.46. The van der Waals surface area contributed by atoms with E-state index in [-0.39, 0.29) is 11.7 Å². The molecule has 2 aliphatic rings. The van der Waals surface area contributed by atoms with Gasteiger partial charge in [0, 0.05) is 35.4 Å². The van der Waals surface area contributed by atoms with Crippen molar-refractivity contribution in [3.63, 3.8) is 0 Å². The van der Waals surface area contributed by atoms with Gasteiger partial charge in [-0.05, 0) is 25.0 Å². The van der Waals surface area contributed by atoms with Gasteiger partial charge in [0.15, 0.2) is 23.0 Å². The van der Waals surface area contributed by atoms with Crippen LogP contribution in [0.2, 0.25) is 5.02 Å². The molecule has 140 valence electrons. The maximum atomic E-state index is 13.0. The summed E-state index contributed by atoms with van der Waals surface area (Å²) in [7, 11) is 1.55. The number of nitrogens with zero attached hydrogens (tertiary/aromatic N) is 2. The Morgan fingerprint density at radius 1 is 1.30 bits per heavy atom. The van der Waals surface area contributed by atoms with Crippen LogP contribution in [0.4, 0.5) is 0 Å². The third kappa shape index (κ3) is 2.79. The van der Waals surface area contributed by atoms with Crippen LogP contribution >= 0.6 is 11.6 Å². The quantitative estimate of drug-likeness (QED) is 0.660. The highest BCUT2D eigenvalue weighted by Gasteiger charge is 2.31. The molecule has 1 amide bonds. The van der Waals surface area contributed by atoms with Crippen LogP contribution in [0.5, 0.6) is 5.75 Å². The summed E-state index contributed by atoms with van der Waals surface area (Å²) in [5, 5.41) is 1.28. The fraction of sp³-hybridized carbons (Fsp3) is 0.400. The number of benzene rings is 1. The van der Waals surface area contributed by atoms with Gasteiger partial charge in [-0.3, -0.25) is 4.79 Å². The van der Waals surface area contributed by atoms with Crippen molar-refractivity contribution < 1.29 is 18.4 Å². The topological polar surface area (TPSA) is 68.7 Å². The van der Waals surface area contributed by atoms with Gasteiger partial charge in [0.05, 0.1) is 13.7 Å². The number of carbonyl (C=O) groups excluding carboxylic acids is 1. The zero-order chi connectivity index (χ0) is 18.5. The van der Waals surface area contributed by atoms with Gasteiger partial charge in [-0.2, -0.15) is 0 Å². The average molecular weight is 387 g/mol. The average Bonchev–Trinajstić information content (AvgIpc) is 3.21. The van der Waals surface area contributed by atoms with Gasteiger partial charge in [-0.1, -0.05) is 18.0 Å². The fourth-order valence-corrected chi connectivity index (χ4v) is 3.94. The number of hydrogen-bond acceptors (Lipinski definition) is 5. The van der Waals surface area contributed by atoms with E-state index in [0.717, 1.165) is 35.6 Å². The van der Waals surface area contributed by atoms with Gasteiger partial charge in [0.1, 0.15) is 11.5 Å². The lowest BCUT2D eigenvalue weighted by Gasteiger charge is -2.24. The molecule has 0 spiro atoms. The molecule has 0 radical (unpaired) electrons. The fourth-order valence-electron chi connectivity index (χ4n) is 3.72. The molecule has 0 saturated heterocycles. The van der Waals surface area contributed by atoms with Gasteiger partial charge in [0.25, 0.3) is 5.91 Å². The second kappa shape index (κ2) is 6.30. The van der Waals surface area contributed by atoms with E-state index in [0.29, 0.717) is 41.8 Å². The molecule has 3 heterocycles. The number of rotatable bonds is 3. The third-order valence-corrected chi connectivity index (χ3v) is 5.68. The number of oxazole rings is 1. The first-order valence-electron chi connectivity index (χ1n) is 9.17. The van der Waals surface area contributed by atoms with E-state index in [4.69, 9.17) is 25.2 Å². The molecule has 3 aromatic rings. The van der Waals surface area contributed by atoms with E-state index in [2.05, 4.69) is 4.98 Å². The van der Waals surface area contributed by atoms with Crippen molar-refractivity contribution in [1.82, 2.24) is 9.88 Å². The van der Waals surface area contributed by atoms with Crippen molar-refractivity contribution in [2.45, 2.75) is 38.1 Å². The molecule has 0 unspecified atom stereocenters. The van der Waals surface area contributed by atoms with Gasteiger partial charge in [-0.15, -0.1) is 0 Å². The minimum Gasteiger partial charge on any atom is -0.493 e. The second-order valence-corrected chi connectivity index (χ2v) is 7.60. The minimum absolute atomic E-state index is 0.164. The first-order chi connectivity index (χ1) is 13.1. The Labute approximate surface area is 161 Å². The van der Waals surface area contributed by atoms with Crippen molar-refractivity contribution >= 4 is 28.5 Å². The molecule has 0 bridgehead atoms. The maximum absolute atomic E-state index is 13.0. The Morgan fingerprint density at radius 2 is 2.15 bits per heavy atom. The van der Waals surface area contributed by atoms with E-state index < -0.39 is 0 Å². The molecule has 0 atom stereocenters. The van der Waals surface area contributed by atoms with E-state index in [1.807, 2.05) is 0 Å². The van der Waals surface area contributed by atoms with Crippen molar-refractivity contribution in [2.24, 2.45) is 0 Å². The number of amides is 1. The molecule has 1 aliphatic carbocycles. The van der Waals surface area contributed by atoms with Gasteiger partial charge >= 0.3 is 0 Å². The molecule has 1 aromatic carbocycles. The second-order valence-electron chi connectivity index (χ2n) is 7.16. The first kappa shape index (κ1) is 16.7. The maximum Gasteiger partial charge on any atom is 0.289 e. The lowest BCUT2D eigenvalue weighted by atomic mass is 9.85. The van der Waals surface area contributed by atoms with Crippen LogP contribution in [0.1, 0.15) is 53.1 Å². The zero-order valence-corrected chi connectivity index (χ0v) is 15.7. The number of ether oxygens (including phenoxy) is 1. The molecule has 7 heteroatoms. The largest absolute Gasteiger partial charge is 0.493 e. The van der Waals surface area contributed by atoms with E-state index >= 15 is 0 Å². The van der Waals surface area contributed by atoms with Gasteiger partial charge < -0.3 is 18.5 Å². The Hall–Kier alpha value is -2.47. The zero-order valence-electron chi connectivity index (χ0n) is 15.0. The minimum atomic E-state index is -0.164. The molecule has 6 nitrogen and oxygen atoms in total. The number of carbonyl (C=O) groups is 1. The Balaban J connectivity index is 1.41. The summed E-state index contributed by atoms with van der Waals surface area (Å²) in [6.45, 7) is 1.03. The van der Waals surface area contributed by atoms with Crippen LogP contribution in [0.25, 0.3) is 11.0 Å². The first-order valence-corrected chi connectivity index (χ1v) is 9.55. The highest BCUT2D eigenvalue weighted by molar-refractivity contribution is 6.31. The van der Waals surface area contributed by atoms with E-state index in [1.54, 1.807) is 30.2 Å². The summed E-state index contributed by atoms with van der Waals surface area (Å²) < 4.78 is 17.0. The molecule has 1 fully saturated rings. The lowest BCUT2D eigenvalue weighted by Crippen LogP contribution is -2.35. The van der Waals surface area contributed by atoms with Crippen LogP contribution in [0.3, 0.4) is 0 Å². The number of hydrogen-bond donors (Lipinski definition) is 0. The van der Waals surface area contributed by atoms with Gasteiger partial charge in [0.2, 0.25) is 0 Å². The van der Waals surface area contributed by atoms with Crippen LogP contribution < -0.4 is 4.74 Å². The SMILES string of the molecule is COc1cc(Cl)cc2cc(C(=O)N3CCc4oc(C5CCC5)nc4C3)oc12. The predicted molar refractivity (Wildman–Crippen MR) is 99.3 cm³/mol. The Kier molecular flexibility index (Phi) is 3.90. The Morgan fingerprint density at radius 3 is 2.89 bits per heavy atom. The molecule has 0 N–H and O–H groups in total. The monoisotopic (exact) mass is 386 g/mol. The van der Waals surface area contributed by atoms with Crippen molar-refractivity contribution in [2.75, 3.05) is 13.7 Å². The van der Waals surface area contributed by atoms with E-state index in [1.165, 1.54) is 6.42 Å². The number of halogens is 1. The smallest absolute Gasteiger partial charge is 0.289 e. The summed E-state index contributed by atoms with van der Waals surface area (Å²) in [5.41, 5.74) is 1.39. The molecular formula is C20H19ClN2O4. The van der Waals surface area contributed by atoms with Gasteiger partial charge in [-0.25, -0.2) is 4.98 Å². The number of fused-ring (bicyclic) bond motifs is 2. The summed E-state index contributed by atoms with van der Waals surface area (Å²) in [5.74, 6) is 2.83. The standard InChI is InChI=1S/C20H19ClN2O4/c1-25-16-9-13(21)7-12-8-17(26-18(12)16)20(24)23-6-5-15-14(10-23)22-19(27-15)11-3-2-4-11/h7-9,11H,2-6,10H2,1H3. The van der Waals surface area contributed by atoms with Crippen molar-refractivity contribution in [3.05, 3.63) is 46.3 Å². The summed E-state index contributed by atoms with van der Waals surface area (Å²) in [4.78, 5) is 19.4. The normalized spacial score (nSPS) is 17.0. The predicted octanol–water partition coefficient (Wildman–Crippen LogP) is 4.55. The molecular weight excluding hydrogens is 368 g/mol. The molecule has 1 aliphatic heterocycles. The number of furan rings is 1. The molecule has 1 saturated carbocycles. The molecule has 2 aromatic heterocycles. The van der Waals surface area contributed by atoms with Crippen molar-refractivity contribution in [3.8, 4) is 5.75 Å². The Bertz CT molecular complexity index is 1030. The van der Waals surface area contributed by atoms with E-state index in [9.17, 15) is 4.79 Å². The van der Waals surface area contributed by atoms with Crippen molar-refractivity contribution in [1.29, 1.82) is 0 Å². The summed E-state index contributed by atoms with van der Waals surface area (Å²) >= 11 is 6.11. The summed E-state index contributed by atoms with van der Waals surface area (Å²) in [6.07, 6.45) is 4.20. The molecule has 5 rings (SSSR count). The van der Waals surface area contributed by atoms with Crippen LogP contribution in [0.15, 0.2) is 27.0 Å². The highest BCUT2D eigenvalue weighted by Crippen LogP contribution is 2.38. The molecule has 27 heavy (non-hydrogen) atoms. The van der Waals surface area contributed by atoms with Crippen LogP contribution in [-0.2, 0) is 13.0 Å². The van der Waals surface area contributed by atoms with Crippen LogP contribution in [0, 0.1) is 0 Å². The lowest BCUT2D eigenvalue weighted by molar-refractivity contribution is 0.0697. The number of methoxy groups -OCH3 is 1. The summed E-state index contributed by atoms with van der Waals surface area (Å²) in [6, 6.07) is 5.15. The van der Waals surface area contributed by atoms with Crippen LogP contribution in [-0.4, -0.2) is 29.4 Å².